The summed E-state index contributed by atoms with van der Waals surface area (Å²) in [4.78, 5) is 8.58. The van der Waals surface area contributed by atoms with E-state index in [0.717, 1.165) is 19.3 Å². The molecule has 0 radical (unpaired) electrons. The third kappa shape index (κ3) is 6.41. The summed E-state index contributed by atoms with van der Waals surface area (Å²) in [7, 11) is 1.63. The predicted octanol–water partition coefficient (Wildman–Crippen LogP) is 2.50. The molecule has 0 bridgehead atoms. The molecule has 0 spiro atoms. The Kier molecular flexibility index (Phi) is 9.18. The van der Waals surface area contributed by atoms with E-state index in [1.165, 1.54) is 0 Å². The highest BCUT2D eigenvalue weighted by atomic mass is 16.5. The molecule has 22 heavy (non-hydrogen) atoms. The maximum absolute atomic E-state index is 9.22. The van der Waals surface area contributed by atoms with Crippen LogP contribution < -0.4 is 10.1 Å². The Bertz CT molecular complexity index is 441. The topological polar surface area (TPSA) is 76.5 Å². The Hall–Kier alpha value is -1.66. The number of nitrogens with zero attached hydrogens (tertiary/aromatic N) is 2. The summed E-state index contributed by atoms with van der Waals surface area (Å²) in [5, 5.41) is 12.6. The molecule has 6 heteroatoms. The van der Waals surface area contributed by atoms with Gasteiger partial charge in [0.05, 0.1) is 12.8 Å². The first-order valence-corrected chi connectivity index (χ1v) is 7.73. The summed E-state index contributed by atoms with van der Waals surface area (Å²) in [5.41, 5.74) is 0. The van der Waals surface area contributed by atoms with Crippen LogP contribution in [0.15, 0.2) is 12.8 Å². The van der Waals surface area contributed by atoms with Crippen molar-refractivity contribution in [2.75, 3.05) is 32.2 Å². The Morgan fingerprint density at radius 3 is 2.86 bits per heavy atom. The van der Waals surface area contributed by atoms with Gasteiger partial charge in [-0.1, -0.05) is 26.3 Å². The van der Waals surface area contributed by atoms with Crippen molar-refractivity contribution in [1.29, 1.82) is 0 Å². The van der Waals surface area contributed by atoms with Crippen molar-refractivity contribution in [3.05, 3.63) is 18.6 Å². The fraction of sp³-hybridized carbons (Fsp3) is 0.625. The number of anilines is 1. The van der Waals surface area contributed by atoms with Crippen molar-refractivity contribution < 1.29 is 14.6 Å². The lowest BCUT2D eigenvalue weighted by Gasteiger charge is -2.20. The van der Waals surface area contributed by atoms with Crippen molar-refractivity contribution >= 4 is 11.9 Å². The summed E-state index contributed by atoms with van der Waals surface area (Å²) < 4.78 is 10.6. The molecule has 0 amide bonds. The summed E-state index contributed by atoms with van der Waals surface area (Å²) in [6.07, 6.45) is 7.08. The van der Waals surface area contributed by atoms with Gasteiger partial charge in [-0.2, -0.15) is 0 Å². The number of aliphatic hydroxyl groups is 1. The third-order valence-electron chi connectivity index (χ3n) is 3.23. The van der Waals surface area contributed by atoms with Crippen LogP contribution in [-0.2, 0) is 4.74 Å². The highest BCUT2D eigenvalue weighted by molar-refractivity contribution is 5.52. The van der Waals surface area contributed by atoms with Crippen molar-refractivity contribution in [2.24, 2.45) is 0 Å². The van der Waals surface area contributed by atoms with Gasteiger partial charge < -0.3 is 19.9 Å². The second-order valence-corrected chi connectivity index (χ2v) is 4.98. The van der Waals surface area contributed by atoms with E-state index in [1.807, 2.05) is 0 Å². The van der Waals surface area contributed by atoms with E-state index in [0.29, 0.717) is 37.0 Å². The molecule has 6 nitrogen and oxygen atoms in total. The van der Waals surface area contributed by atoms with Gasteiger partial charge in [-0.15, -0.1) is 0 Å². The maximum Gasteiger partial charge on any atom is 0.180 e. The van der Waals surface area contributed by atoms with Gasteiger partial charge >= 0.3 is 0 Å². The smallest absolute Gasteiger partial charge is 0.180 e. The molecular formula is C16H27N3O3. The molecule has 0 aliphatic carbocycles. The minimum atomic E-state index is 0.140. The van der Waals surface area contributed by atoms with Crippen molar-refractivity contribution in [2.45, 2.75) is 38.6 Å². The summed E-state index contributed by atoms with van der Waals surface area (Å²) in [6.45, 7) is 6.91. The van der Waals surface area contributed by atoms with Crippen molar-refractivity contribution in [3.8, 4) is 5.75 Å². The zero-order valence-electron chi connectivity index (χ0n) is 13.5. The van der Waals surface area contributed by atoms with Crippen molar-refractivity contribution in [3.63, 3.8) is 0 Å². The highest BCUT2D eigenvalue weighted by Gasteiger charge is 2.13. The maximum atomic E-state index is 9.22. The van der Waals surface area contributed by atoms with Gasteiger partial charge in [0.15, 0.2) is 17.4 Å². The molecule has 1 unspecified atom stereocenters. The summed E-state index contributed by atoms with van der Waals surface area (Å²) in [5.74, 6) is 1.76. The van der Waals surface area contributed by atoms with Crippen LogP contribution in [0, 0.1) is 0 Å². The molecule has 124 valence electrons. The quantitative estimate of drug-likeness (QED) is 0.578. The summed E-state index contributed by atoms with van der Waals surface area (Å²) >= 11 is 0. The van der Waals surface area contributed by atoms with E-state index in [-0.39, 0.29) is 12.6 Å². The fourth-order valence-corrected chi connectivity index (χ4v) is 2.02. The largest absolute Gasteiger partial charge is 0.486 e. The zero-order chi connectivity index (χ0) is 16.2. The monoisotopic (exact) mass is 309 g/mol. The molecule has 1 aromatic rings. The molecular weight excluding hydrogens is 282 g/mol. The van der Waals surface area contributed by atoms with Crippen LogP contribution in [0.25, 0.3) is 6.08 Å². The molecule has 2 N–H and O–H groups in total. The second-order valence-electron chi connectivity index (χ2n) is 4.98. The SMILES string of the molecule is C=Cc1ncc(OCCOC)c(NC(CCO)CCCC)n1. The Balaban J connectivity index is 2.83. The van der Waals surface area contributed by atoms with E-state index < -0.39 is 0 Å². The average Bonchev–Trinajstić information content (AvgIpc) is 2.54. The van der Waals surface area contributed by atoms with Crippen LogP contribution in [0.5, 0.6) is 5.75 Å². The zero-order valence-corrected chi connectivity index (χ0v) is 13.5. The number of aliphatic hydroxyl groups excluding tert-OH is 1. The fourth-order valence-electron chi connectivity index (χ4n) is 2.02. The Labute approximate surface area is 132 Å². The normalized spacial score (nSPS) is 12.0. The van der Waals surface area contributed by atoms with Crippen LogP contribution in [-0.4, -0.2) is 48.0 Å². The van der Waals surface area contributed by atoms with Gasteiger partial charge in [0.2, 0.25) is 0 Å². The van der Waals surface area contributed by atoms with Crippen LogP contribution in [0.2, 0.25) is 0 Å². The lowest BCUT2D eigenvalue weighted by Crippen LogP contribution is -2.22. The van der Waals surface area contributed by atoms with Gasteiger partial charge in [-0.25, -0.2) is 9.97 Å². The molecule has 1 atom stereocenters. The highest BCUT2D eigenvalue weighted by Crippen LogP contribution is 2.23. The lowest BCUT2D eigenvalue weighted by molar-refractivity contribution is 0.146. The molecule has 0 saturated heterocycles. The molecule has 1 rings (SSSR count). The first-order valence-electron chi connectivity index (χ1n) is 7.73. The first kappa shape index (κ1) is 18.4. The van der Waals surface area contributed by atoms with Crippen LogP contribution in [0.1, 0.15) is 38.4 Å². The number of hydrogen-bond acceptors (Lipinski definition) is 6. The molecule has 0 aliphatic rings. The van der Waals surface area contributed by atoms with Gasteiger partial charge in [-0.3, -0.25) is 0 Å². The average molecular weight is 309 g/mol. The number of rotatable bonds is 12. The molecule has 0 aliphatic heterocycles. The van der Waals surface area contributed by atoms with E-state index in [9.17, 15) is 5.11 Å². The number of aromatic nitrogens is 2. The van der Waals surface area contributed by atoms with Crippen molar-refractivity contribution in [1.82, 2.24) is 9.97 Å². The van der Waals surface area contributed by atoms with Crippen LogP contribution >= 0.6 is 0 Å². The van der Waals surface area contributed by atoms with Gasteiger partial charge in [0.1, 0.15) is 6.61 Å². The first-order chi connectivity index (χ1) is 10.7. The molecule has 1 aromatic heterocycles. The van der Waals surface area contributed by atoms with E-state index in [4.69, 9.17) is 9.47 Å². The lowest BCUT2D eigenvalue weighted by atomic mass is 10.1. The number of unbranched alkanes of at least 4 members (excludes halogenated alkanes) is 1. The number of ether oxygens (including phenoxy) is 2. The second kappa shape index (κ2) is 11.0. The van der Waals surface area contributed by atoms with E-state index in [2.05, 4.69) is 28.8 Å². The minimum absolute atomic E-state index is 0.140. The number of methoxy groups -OCH3 is 1. The number of hydrogen-bond donors (Lipinski definition) is 2. The third-order valence-corrected chi connectivity index (χ3v) is 3.23. The molecule has 0 saturated carbocycles. The minimum Gasteiger partial charge on any atom is -0.486 e. The summed E-state index contributed by atoms with van der Waals surface area (Å²) in [6, 6.07) is 0.155. The predicted molar refractivity (Wildman–Crippen MR) is 88.1 cm³/mol. The molecule has 1 heterocycles. The number of nitrogens with one attached hydrogen (secondary N) is 1. The van der Waals surface area contributed by atoms with Gasteiger partial charge in [0.25, 0.3) is 0 Å². The van der Waals surface area contributed by atoms with Crippen LogP contribution in [0.4, 0.5) is 5.82 Å². The Morgan fingerprint density at radius 1 is 1.41 bits per heavy atom. The molecule has 0 fully saturated rings. The standard InChI is InChI=1S/C16H27N3O3/c1-4-6-7-13(8-9-20)18-16-14(22-11-10-21-3)12-17-15(5-2)19-16/h5,12-13,20H,2,4,6-11H2,1,3H3,(H,17,18,19). The molecule has 0 aromatic carbocycles. The van der Waals surface area contributed by atoms with E-state index >= 15 is 0 Å². The van der Waals surface area contributed by atoms with Gasteiger partial charge in [-0.05, 0) is 18.9 Å². The Morgan fingerprint density at radius 2 is 2.23 bits per heavy atom. The van der Waals surface area contributed by atoms with E-state index in [1.54, 1.807) is 19.4 Å². The van der Waals surface area contributed by atoms with Crippen LogP contribution in [0.3, 0.4) is 0 Å². The van der Waals surface area contributed by atoms with Gasteiger partial charge in [0, 0.05) is 19.8 Å².